The zero-order valence-electron chi connectivity index (χ0n) is 17.1. The highest BCUT2D eigenvalue weighted by molar-refractivity contribution is 7.90. The summed E-state index contributed by atoms with van der Waals surface area (Å²) >= 11 is 5.93. The molecule has 32 heavy (non-hydrogen) atoms. The molecule has 0 saturated heterocycles. The van der Waals surface area contributed by atoms with Crippen molar-refractivity contribution in [3.8, 4) is 0 Å². The third-order valence-corrected chi connectivity index (χ3v) is 7.36. The predicted molar refractivity (Wildman–Crippen MR) is 115 cm³/mol. The highest BCUT2D eigenvalue weighted by Gasteiger charge is 2.51. The first kappa shape index (κ1) is 22.6. The molecule has 1 aromatic carbocycles. The summed E-state index contributed by atoms with van der Waals surface area (Å²) in [4.78, 5) is 19.8. The molecule has 0 atom stereocenters. The first-order chi connectivity index (χ1) is 15.1. The molecule has 12 heteroatoms. The summed E-state index contributed by atoms with van der Waals surface area (Å²) in [7, 11) is -1.40. The van der Waals surface area contributed by atoms with E-state index in [1.807, 2.05) is 0 Å². The van der Waals surface area contributed by atoms with E-state index >= 15 is 4.39 Å². The van der Waals surface area contributed by atoms with Crippen LogP contribution in [0.1, 0.15) is 28.8 Å². The lowest BCUT2D eigenvalue weighted by Gasteiger charge is -2.27. The van der Waals surface area contributed by atoms with Crippen LogP contribution < -0.4 is 4.72 Å². The van der Waals surface area contributed by atoms with E-state index in [1.54, 1.807) is 0 Å². The number of nitrogens with zero attached hydrogens (tertiary/aromatic N) is 2. The molecule has 0 aliphatic heterocycles. The minimum absolute atomic E-state index is 0.0537. The van der Waals surface area contributed by atoms with Gasteiger partial charge in [0.05, 0.1) is 28.4 Å². The minimum Gasteiger partial charge on any atom is -0.383 e. The SMILES string of the molecule is COCC1(N(C)S(=O)(=O)Nc2ccc(F)c(C(=O)c3c[nH]c4ncc(Cl)cc34)c2F)CC1. The number of nitrogens with one attached hydrogen (secondary N) is 2. The minimum atomic E-state index is -4.21. The highest BCUT2D eigenvalue weighted by atomic mass is 35.5. The highest BCUT2D eigenvalue weighted by Crippen LogP contribution is 2.42. The Hall–Kier alpha value is -2.60. The number of hydrogen-bond donors (Lipinski definition) is 2. The normalized spacial score (nSPS) is 15.3. The second-order valence-electron chi connectivity index (χ2n) is 7.60. The van der Waals surface area contributed by atoms with Crippen molar-refractivity contribution < 1.29 is 26.7 Å². The van der Waals surface area contributed by atoms with Crippen molar-refractivity contribution in [3.63, 3.8) is 0 Å². The third-order valence-electron chi connectivity index (χ3n) is 5.57. The fraction of sp³-hybridized carbons (Fsp3) is 0.300. The standard InChI is InChI=1S/C20H19ClF2N4O4S/c1-27(20(5-6-20)10-31-2)32(29,30)26-15-4-3-14(22)16(17(15)23)18(28)13-9-25-19-12(13)7-11(21)8-24-19/h3-4,7-9,26H,5-6,10H2,1-2H3,(H,24,25). The lowest BCUT2D eigenvalue weighted by atomic mass is 10.0. The van der Waals surface area contributed by atoms with Gasteiger partial charge in [0.25, 0.3) is 0 Å². The second-order valence-corrected chi connectivity index (χ2v) is 9.74. The number of carbonyl (C=O) groups excluding carboxylic acids is 1. The molecular formula is C20H19ClF2N4O4S. The fourth-order valence-corrected chi connectivity index (χ4v) is 5.04. The maximum Gasteiger partial charge on any atom is 0.302 e. The van der Waals surface area contributed by atoms with E-state index in [1.165, 1.54) is 32.6 Å². The van der Waals surface area contributed by atoms with Crippen LogP contribution in [0.25, 0.3) is 11.0 Å². The zero-order chi connectivity index (χ0) is 23.3. The van der Waals surface area contributed by atoms with Gasteiger partial charge in [0.15, 0.2) is 5.82 Å². The lowest BCUT2D eigenvalue weighted by molar-refractivity contribution is 0.103. The molecule has 0 spiro atoms. The number of ether oxygens (including phenoxy) is 1. The Morgan fingerprint density at radius 1 is 1.38 bits per heavy atom. The van der Waals surface area contributed by atoms with Gasteiger partial charge in [0, 0.05) is 37.5 Å². The number of pyridine rings is 1. The molecule has 1 fully saturated rings. The molecule has 0 bridgehead atoms. The van der Waals surface area contributed by atoms with Crippen LogP contribution in [0, 0.1) is 11.6 Å². The number of methoxy groups -OCH3 is 1. The molecule has 0 amide bonds. The van der Waals surface area contributed by atoms with Crippen LogP contribution in [0.15, 0.2) is 30.6 Å². The van der Waals surface area contributed by atoms with Crippen molar-refractivity contribution in [2.45, 2.75) is 18.4 Å². The van der Waals surface area contributed by atoms with E-state index in [2.05, 4.69) is 14.7 Å². The Bertz CT molecular complexity index is 1320. The Morgan fingerprint density at radius 3 is 2.75 bits per heavy atom. The van der Waals surface area contributed by atoms with E-state index in [0.29, 0.717) is 18.5 Å². The number of aromatic amines is 1. The third kappa shape index (κ3) is 3.85. The summed E-state index contributed by atoms with van der Waals surface area (Å²) in [5, 5.41) is 0.518. The van der Waals surface area contributed by atoms with Gasteiger partial charge in [0.2, 0.25) is 5.78 Å². The van der Waals surface area contributed by atoms with Gasteiger partial charge in [0.1, 0.15) is 11.5 Å². The Kier molecular flexibility index (Phi) is 5.70. The van der Waals surface area contributed by atoms with Crippen LogP contribution in [0.2, 0.25) is 5.02 Å². The Morgan fingerprint density at radius 2 is 2.09 bits per heavy atom. The first-order valence-corrected chi connectivity index (χ1v) is 11.3. The molecular weight excluding hydrogens is 466 g/mol. The number of likely N-dealkylation sites (N-methyl/N-ethyl adjacent to an activating group) is 1. The van der Waals surface area contributed by atoms with Crippen molar-refractivity contribution in [3.05, 3.63) is 58.4 Å². The summed E-state index contributed by atoms with van der Waals surface area (Å²) in [5.41, 5.74) is -1.91. The van der Waals surface area contributed by atoms with Crippen molar-refractivity contribution in [1.29, 1.82) is 0 Å². The Labute approximate surface area is 187 Å². The predicted octanol–water partition coefficient (Wildman–Crippen LogP) is 3.49. The summed E-state index contributed by atoms with van der Waals surface area (Å²) in [6.45, 7) is 0.178. The van der Waals surface area contributed by atoms with Crippen LogP contribution in [-0.2, 0) is 14.9 Å². The zero-order valence-corrected chi connectivity index (χ0v) is 18.7. The average molecular weight is 485 g/mol. The molecule has 0 radical (unpaired) electrons. The van der Waals surface area contributed by atoms with Gasteiger partial charge in [-0.05, 0) is 31.0 Å². The number of hydrogen-bond acceptors (Lipinski definition) is 5. The summed E-state index contributed by atoms with van der Waals surface area (Å²) in [6, 6.07) is 3.20. The van der Waals surface area contributed by atoms with Gasteiger partial charge in [-0.1, -0.05) is 11.6 Å². The van der Waals surface area contributed by atoms with Gasteiger partial charge in [-0.15, -0.1) is 0 Å². The molecule has 2 N–H and O–H groups in total. The van der Waals surface area contributed by atoms with Crippen molar-refractivity contribution >= 4 is 44.3 Å². The average Bonchev–Trinajstić information content (AvgIpc) is 3.40. The summed E-state index contributed by atoms with van der Waals surface area (Å²) in [5.74, 6) is -3.44. The summed E-state index contributed by atoms with van der Waals surface area (Å²) < 4.78 is 63.6. The smallest absolute Gasteiger partial charge is 0.302 e. The molecule has 8 nitrogen and oxygen atoms in total. The van der Waals surface area contributed by atoms with Gasteiger partial charge in [-0.3, -0.25) is 9.52 Å². The van der Waals surface area contributed by atoms with E-state index in [-0.39, 0.29) is 22.6 Å². The molecule has 0 unspecified atom stereocenters. The van der Waals surface area contributed by atoms with Gasteiger partial charge < -0.3 is 9.72 Å². The number of benzene rings is 1. The molecule has 2 aromatic heterocycles. The summed E-state index contributed by atoms with van der Waals surface area (Å²) in [6.07, 6.45) is 3.80. The Balaban J connectivity index is 1.70. The van der Waals surface area contributed by atoms with Crippen molar-refractivity contribution in [1.82, 2.24) is 14.3 Å². The molecule has 170 valence electrons. The number of halogens is 3. The monoisotopic (exact) mass is 484 g/mol. The maximum atomic E-state index is 15.2. The van der Waals surface area contributed by atoms with Crippen LogP contribution in [-0.4, -0.2) is 54.8 Å². The van der Waals surface area contributed by atoms with E-state index in [9.17, 15) is 17.6 Å². The number of ketones is 1. The first-order valence-electron chi connectivity index (χ1n) is 9.51. The number of anilines is 1. The number of rotatable bonds is 8. The largest absolute Gasteiger partial charge is 0.383 e. The molecule has 4 rings (SSSR count). The van der Waals surface area contributed by atoms with E-state index in [4.69, 9.17) is 16.3 Å². The number of H-pyrrole nitrogens is 1. The van der Waals surface area contributed by atoms with Crippen LogP contribution in [0.3, 0.4) is 0 Å². The van der Waals surface area contributed by atoms with Crippen molar-refractivity contribution in [2.24, 2.45) is 0 Å². The molecule has 1 saturated carbocycles. The van der Waals surface area contributed by atoms with Crippen LogP contribution in [0.5, 0.6) is 0 Å². The van der Waals surface area contributed by atoms with E-state index < -0.39 is 44.4 Å². The lowest BCUT2D eigenvalue weighted by Crippen LogP contribution is -2.44. The van der Waals surface area contributed by atoms with Crippen LogP contribution in [0.4, 0.5) is 14.5 Å². The van der Waals surface area contributed by atoms with Gasteiger partial charge in [-0.25, -0.2) is 13.8 Å². The fourth-order valence-electron chi connectivity index (χ4n) is 3.57. The van der Waals surface area contributed by atoms with Crippen molar-refractivity contribution in [2.75, 3.05) is 25.5 Å². The van der Waals surface area contributed by atoms with Gasteiger partial charge in [-0.2, -0.15) is 12.7 Å². The number of fused-ring (bicyclic) bond motifs is 1. The molecule has 1 aliphatic carbocycles. The quantitative estimate of drug-likeness (QED) is 0.476. The van der Waals surface area contributed by atoms with Gasteiger partial charge >= 0.3 is 10.2 Å². The molecule has 2 heterocycles. The second kappa shape index (κ2) is 8.07. The molecule has 1 aliphatic rings. The number of aromatic nitrogens is 2. The van der Waals surface area contributed by atoms with E-state index in [0.717, 1.165) is 16.4 Å². The number of carbonyl (C=O) groups is 1. The maximum absolute atomic E-state index is 15.2. The van der Waals surface area contributed by atoms with Crippen LogP contribution >= 0.6 is 11.6 Å². The molecule has 3 aromatic rings. The topological polar surface area (TPSA) is 104 Å².